The highest BCUT2D eigenvalue weighted by molar-refractivity contribution is 9.11. The lowest BCUT2D eigenvalue weighted by atomic mass is 9.74. The molecule has 0 aromatic heterocycles. The standard InChI is InChI=1S/C32H34BrN3O7/c1-19-18-34-24(38)10-3-2-6-13-35(22-12-11-20-8-4-5-9-21(20)16-22)30(40)28-32-17-23(33)27(43-32)25(31(41)42-19)26(32)29(39)36(28)14-7-15-37/h2,4-6,8-9,11-12,16-17,19,25-28,37H,3,7,10,13-15,18H2,1H3,(H,34,38)/b6-2-/t19-,25+,26-,27+,28+,32-/m1/s1. The van der Waals surface area contributed by atoms with Crippen LogP contribution in [0.2, 0.25) is 0 Å². The molecular weight excluding hydrogens is 618 g/mol. The van der Waals surface area contributed by atoms with Crippen molar-refractivity contribution in [3.05, 3.63) is 65.2 Å². The number of fused-ring (bicyclic) bond motifs is 3. The fraction of sp³-hybridized carbons (Fsp3) is 0.438. The number of rotatable bonds is 4. The lowest BCUT2D eigenvalue weighted by Crippen LogP contribution is -2.56. The van der Waals surface area contributed by atoms with Gasteiger partial charge in [0.2, 0.25) is 11.8 Å². The van der Waals surface area contributed by atoms with Crippen LogP contribution in [-0.4, -0.2) is 83.8 Å². The molecule has 2 fully saturated rings. The van der Waals surface area contributed by atoms with Crippen molar-refractivity contribution in [3.8, 4) is 0 Å². The average molecular weight is 653 g/mol. The van der Waals surface area contributed by atoms with Gasteiger partial charge in [-0.1, -0.05) is 58.4 Å². The molecule has 0 saturated carbocycles. The van der Waals surface area contributed by atoms with Crippen molar-refractivity contribution in [1.82, 2.24) is 10.2 Å². The zero-order chi connectivity index (χ0) is 30.3. The summed E-state index contributed by atoms with van der Waals surface area (Å²) in [5.41, 5.74) is -0.764. The van der Waals surface area contributed by atoms with Gasteiger partial charge in [-0.25, -0.2) is 0 Å². The minimum atomic E-state index is -1.40. The van der Waals surface area contributed by atoms with Gasteiger partial charge >= 0.3 is 5.97 Å². The van der Waals surface area contributed by atoms with E-state index in [9.17, 15) is 24.3 Å². The maximum atomic E-state index is 14.8. The number of likely N-dealkylation sites (tertiary alicyclic amines) is 1. The molecule has 43 heavy (non-hydrogen) atoms. The third kappa shape index (κ3) is 5.17. The van der Waals surface area contributed by atoms with E-state index in [1.54, 1.807) is 17.9 Å². The van der Waals surface area contributed by atoms with Crippen LogP contribution in [-0.2, 0) is 28.7 Å². The second kappa shape index (κ2) is 11.9. The summed E-state index contributed by atoms with van der Waals surface area (Å²) in [4.78, 5) is 58.0. The number of nitrogens with one attached hydrogen (secondary N) is 1. The fourth-order valence-corrected chi connectivity index (χ4v) is 7.47. The molecule has 2 aromatic rings. The highest BCUT2D eigenvalue weighted by Crippen LogP contribution is 2.59. The van der Waals surface area contributed by atoms with Crippen molar-refractivity contribution in [2.45, 2.75) is 50.0 Å². The van der Waals surface area contributed by atoms with E-state index in [4.69, 9.17) is 9.47 Å². The number of benzene rings is 2. The molecule has 3 amide bonds. The third-order valence-electron chi connectivity index (χ3n) is 8.70. The van der Waals surface area contributed by atoms with E-state index >= 15 is 0 Å². The normalized spacial score (nSPS) is 32.1. The number of carbonyl (C=O) groups is 4. The summed E-state index contributed by atoms with van der Waals surface area (Å²) in [5.74, 6) is -3.51. The van der Waals surface area contributed by atoms with Crippen LogP contribution in [0.3, 0.4) is 0 Å². The molecule has 10 nitrogen and oxygen atoms in total. The molecule has 1 spiro atoms. The van der Waals surface area contributed by atoms with Crippen LogP contribution >= 0.6 is 15.9 Å². The lowest BCUT2D eigenvalue weighted by molar-refractivity contribution is -0.158. The van der Waals surface area contributed by atoms with Crippen molar-refractivity contribution in [3.63, 3.8) is 0 Å². The Morgan fingerprint density at radius 3 is 2.65 bits per heavy atom. The summed E-state index contributed by atoms with van der Waals surface area (Å²) >= 11 is 3.55. The number of aliphatic hydroxyl groups is 1. The van der Waals surface area contributed by atoms with Gasteiger partial charge in [-0.3, -0.25) is 19.2 Å². The van der Waals surface area contributed by atoms with Gasteiger partial charge in [-0.05, 0) is 48.7 Å². The summed E-state index contributed by atoms with van der Waals surface area (Å²) in [7, 11) is 0. The van der Waals surface area contributed by atoms with Crippen molar-refractivity contribution in [1.29, 1.82) is 0 Å². The highest BCUT2D eigenvalue weighted by atomic mass is 79.9. The van der Waals surface area contributed by atoms with Gasteiger partial charge in [-0.2, -0.15) is 0 Å². The molecule has 0 radical (unpaired) electrons. The Morgan fingerprint density at radius 1 is 1.07 bits per heavy atom. The van der Waals surface area contributed by atoms with Gasteiger partial charge < -0.3 is 29.7 Å². The van der Waals surface area contributed by atoms with Crippen molar-refractivity contribution >= 4 is 56.1 Å². The van der Waals surface area contributed by atoms with Crippen molar-refractivity contribution in [2.75, 3.05) is 31.1 Å². The van der Waals surface area contributed by atoms with Crippen LogP contribution < -0.4 is 10.2 Å². The second-order valence-corrected chi connectivity index (χ2v) is 12.4. The molecule has 0 unspecified atom stereocenters. The first kappa shape index (κ1) is 29.5. The van der Waals surface area contributed by atoms with Gasteiger partial charge in [0.15, 0.2) is 0 Å². The molecule has 2 aromatic carbocycles. The molecule has 6 rings (SSSR count). The number of ether oxygens (including phenoxy) is 2. The molecule has 11 heteroatoms. The Morgan fingerprint density at radius 2 is 1.86 bits per heavy atom. The van der Waals surface area contributed by atoms with Crippen LogP contribution in [0.25, 0.3) is 10.8 Å². The monoisotopic (exact) mass is 651 g/mol. The number of hydrogen-bond acceptors (Lipinski definition) is 7. The molecule has 6 atom stereocenters. The summed E-state index contributed by atoms with van der Waals surface area (Å²) < 4.78 is 12.8. The van der Waals surface area contributed by atoms with Crippen LogP contribution in [0.5, 0.6) is 0 Å². The number of carbonyl (C=O) groups excluding carboxylic acids is 4. The summed E-state index contributed by atoms with van der Waals surface area (Å²) in [6.07, 6.45) is 5.00. The van der Waals surface area contributed by atoms with E-state index in [-0.39, 0.29) is 56.8 Å². The Balaban J connectivity index is 1.47. The zero-order valence-electron chi connectivity index (χ0n) is 23.8. The summed E-state index contributed by atoms with van der Waals surface area (Å²) in [5, 5.41) is 14.4. The number of esters is 1. The first-order chi connectivity index (χ1) is 20.7. The molecule has 4 heterocycles. The Labute approximate surface area is 257 Å². The van der Waals surface area contributed by atoms with Crippen LogP contribution in [0.1, 0.15) is 26.2 Å². The van der Waals surface area contributed by atoms with Gasteiger partial charge in [0.1, 0.15) is 29.8 Å². The second-order valence-electron chi connectivity index (χ2n) is 11.5. The van der Waals surface area contributed by atoms with Gasteiger partial charge in [0.25, 0.3) is 5.91 Å². The number of nitrogens with zero attached hydrogens (tertiary/aromatic N) is 2. The Bertz CT molecular complexity index is 1530. The molecule has 4 aliphatic heterocycles. The van der Waals surface area contributed by atoms with Gasteiger partial charge in [-0.15, -0.1) is 0 Å². The lowest BCUT2D eigenvalue weighted by Gasteiger charge is -2.36. The molecule has 2 N–H and O–H groups in total. The average Bonchev–Trinajstić information content (AvgIpc) is 3.59. The maximum absolute atomic E-state index is 14.8. The highest BCUT2D eigenvalue weighted by Gasteiger charge is 2.74. The molecular formula is C32H34BrN3O7. The third-order valence-corrected chi connectivity index (χ3v) is 9.38. The molecule has 226 valence electrons. The summed E-state index contributed by atoms with van der Waals surface area (Å²) in [6, 6.07) is 12.5. The molecule has 5 bridgehead atoms. The molecule has 0 aliphatic carbocycles. The maximum Gasteiger partial charge on any atom is 0.313 e. The fourth-order valence-electron chi connectivity index (χ4n) is 6.74. The predicted octanol–water partition coefficient (Wildman–Crippen LogP) is 2.83. The van der Waals surface area contributed by atoms with E-state index in [1.807, 2.05) is 54.6 Å². The first-order valence-electron chi connectivity index (χ1n) is 14.6. The SMILES string of the molecule is C[C@@H]1CNC(=O)CC/C=C\CN(c2ccc3ccccc3c2)C(=O)[C@@H]2N(CCCO)C(=O)[C@H]3[C@H](C(=O)O1)[C@H]1O[C@@]23C=C1Br. The number of halogens is 1. The zero-order valence-corrected chi connectivity index (χ0v) is 25.4. The van der Waals surface area contributed by atoms with Gasteiger partial charge in [0.05, 0.1) is 12.5 Å². The Kier molecular flexibility index (Phi) is 8.14. The van der Waals surface area contributed by atoms with E-state index < -0.39 is 41.7 Å². The van der Waals surface area contributed by atoms with E-state index in [1.165, 1.54) is 4.90 Å². The number of anilines is 1. The van der Waals surface area contributed by atoms with Crippen LogP contribution in [0, 0.1) is 11.8 Å². The van der Waals surface area contributed by atoms with E-state index in [0.29, 0.717) is 16.6 Å². The van der Waals surface area contributed by atoms with Crippen LogP contribution in [0.15, 0.2) is 65.2 Å². The largest absolute Gasteiger partial charge is 0.460 e. The summed E-state index contributed by atoms with van der Waals surface area (Å²) in [6.45, 7) is 1.95. The number of allylic oxidation sites excluding steroid dienone is 1. The van der Waals surface area contributed by atoms with Crippen molar-refractivity contribution in [2.24, 2.45) is 11.8 Å². The minimum absolute atomic E-state index is 0.120. The minimum Gasteiger partial charge on any atom is -0.460 e. The van der Waals surface area contributed by atoms with Crippen molar-refractivity contribution < 1.29 is 33.8 Å². The van der Waals surface area contributed by atoms with E-state index in [0.717, 1.165) is 10.8 Å². The number of amides is 3. The molecule has 4 aliphatic rings. The first-order valence-corrected chi connectivity index (χ1v) is 15.4. The predicted molar refractivity (Wildman–Crippen MR) is 162 cm³/mol. The smallest absolute Gasteiger partial charge is 0.313 e. The molecule has 2 saturated heterocycles. The van der Waals surface area contributed by atoms with E-state index in [2.05, 4.69) is 21.2 Å². The number of hydrogen-bond donors (Lipinski definition) is 2. The Hall–Kier alpha value is -3.54. The van der Waals surface area contributed by atoms with Gasteiger partial charge in [0, 0.05) is 36.3 Å². The topological polar surface area (TPSA) is 125 Å². The number of aliphatic hydroxyl groups excluding tert-OH is 1. The van der Waals surface area contributed by atoms with Crippen LogP contribution in [0.4, 0.5) is 5.69 Å². The quantitative estimate of drug-likeness (QED) is 0.385. The number of cyclic esters (lactones) is 1.